The number of hydrogen-bond donors (Lipinski definition) is 3. The summed E-state index contributed by atoms with van der Waals surface area (Å²) in [6.07, 6.45) is 5.37. The van der Waals surface area contributed by atoms with Crippen LogP contribution in [0.15, 0.2) is 0 Å². The van der Waals surface area contributed by atoms with Gasteiger partial charge in [-0.2, -0.15) is 0 Å². The number of morpholine rings is 1. The second kappa shape index (κ2) is 13.4. The first-order valence-electron chi connectivity index (χ1n) is 14.3. The second-order valence-electron chi connectivity index (χ2n) is 11.1. The number of unbranched alkanes of at least 4 members (excludes halogenated alkanes) is 2. The smallest absolute Gasteiger partial charge is 0.327 e. The summed E-state index contributed by atoms with van der Waals surface area (Å²) < 4.78 is 5.36. The summed E-state index contributed by atoms with van der Waals surface area (Å²) in [5, 5.41) is 17.5. The van der Waals surface area contributed by atoms with Gasteiger partial charge in [0, 0.05) is 58.8 Å². The number of ether oxygens (including phenoxy) is 1. The molecule has 0 aromatic carbocycles. The maximum absolute atomic E-state index is 13.1. The van der Waals surface area contributed by atoms with E-state index in [2.05, 4.69) is 4.90 Å². The molecule has 218 valence electrons. The summed E-state index contributed by atoms with van der Waals surface area (Å²) in [4.78, 5) is 59.0. The number of urea groups is 1. The van der Waals surface area contributed by atoms with Crippen LogP contribution in [0.2, 0.25) is 0 Å². The first kappa shape index (κ1) is 29.1. The number of imide groups is 1. The van der Waals surface area contributed by atoms with Gasteiger partial charge in [-0.3, -0.25) is 19.9 Å². The standard InChI is InChI=1S/C26H43N7O6/c27-25(28)32-8-4-5-19(18-32)17-20-22(24(36)37)33(23(20)35)26(38)31-11-9-30(10-12-31)21(34)6-2-1-3-7-29-13-15-39-16-14-29/h19-20,22H,1-18H2,(H3,27,28)(H,36,37). The molecular formula is C26H43N7O6. The quantitative estimate of drug-likeness (QED) is 0.156. The van der Waals surface area contributed by atoms with Gasteiger partial charge in [0.25, 0.3) is 0 Å². The van der Waals surface area contributed by atoms with E-state index in [1.807, 2.05) is 0 Å². The number of β-lactam (4-membered cyclic amide) rings is 1. The molecule has 3 atom stereocenters. The number of piperazine rings is 1. The van der Waals surface area contributed by atoms with E-state index in [1.54, 1.807) is 9.80 Å². The first-order valence-corrected chi connectivity index (χ1v) is 14.3. The van der Waals surface area contributed by atoms with Gasteiger partial charge in [-0.1, -0.05) is 6.42 Å². The van der Waals surface area contributed by atoms with Crippen LogP contribution in [-0.2, 0) is 19.1 Å². The largest absolute Gasteiger partial charge is 0.480 e. The molecule has 0 aliphatic carbocycles. The molecule has 4 aliphatic rings. The fourth-order valence-corrected chi connectivity index (χ4v) is 6.18. The summed E-state index contributed by atoms with van der Waals surface area (Å²) in [6, 6.07) is -1.78. The number of nitrogens with two attached hydrogens (primary N) is 1. The van der Waals surface area contributed by atoms with Crippen LogP contribution in [0, 0.1) is 17.2 Å². The van der Waals surface area contributed by atoms with Gasteiger partial charge in [0.1, 0.15) is 0 Å². The molecule has 4 amide bonds. The Morgan fingerprint density at radius 1 is 0.949 bits per heavy atom. The molecule has 4 saturated heterocycles. The summed E-state index contributed by atoms with van der Waals surface area (Å²) >= 11 is 0. The van der Waals surface area contributed by atoms with Crippen LogP contribution in [-0.4, -0.2) is 138 Å². The molecule has 0 radical (unpaired) electrons. The highest BCUT2D eigenvalue weighted by Crippen LogP contribution is 2.36. The van der Waals surface area contributed by atoms with Gasteiger partial charge in [0.2, 0.25) is 11.8 Å². The zero-order valence-electron chi connectivity index (χ0n) is 22.8. The summed E-state index contributed by atoms with van der Waals surface area (Å²) in [5.74, 6) is -2.30. The number of carboxylic acids is 1. The Bertz CT molecular complexity index is 918. The van der Waals surface area contributed by atoms with Crippen molar-refractivity contribution in [2.75, 3.05) is 72.1 Å². The minimum atomic E-state index is -1.19. The number of guanidine groups is 1. The van der Waals surface area contributed by atoms with Gasteiger partial charge >= 0.3 is 12.0 Å². The lowest BCUT2D eigenvalue weighted by molar-refractivity contribution is -0.167. The van der Waals surface area contributed by atoms with Crippen molar-refractivity contribution in [3.8, 4) is 0 Å². The molecule has 4 heterocycles. The van der Waals surface area contributed by atoms with Crippen LogP contribution in [0.4, 0.5) is 4.79 Å². The van der Waals surface area contributed by atoms with Crippen molar-refractivity contribution in [3.63, 3.8) is 0 Å². The number of carbonyl (C=O) groups is 4. The second-order valence-corrected chi connectivity index (χ2v) is 11.1. The average molecular weight is 550 g/mol. The van der Waals surface area contributed by atoms with E-state index < -0.39 is 29.9 Å². The third-order valence-electron chi connectivity index (χ3n) is 8.49. The van der Waals surface area contributed by atoms with Gasteiger partial charge in [-0.15, -0.1) is 0 Å². The molecule has 4 aliphatic heterocycles. The number of carboxylic acid groups (broad SMARTS) is 1. The molecule has 4 fully saturated rings. The summed E-state index contributed by atoms with van der Waals surface area (Å²) in [6.45, 7) is 7.06. The van der Waals surface area contributed by atoms with E-state index in [0.29, 0.717) is 39.0 Å². The van der Waals surface area contributed by atoms with E-state index in [1.165, 1.54) is 4.90 Å². The fourth-order valence-electron chi connectivity index (χ4n) is 6.18. The fraction of sp³-hybridized carbons (Fsp3) is 0.808. The molecule has 0 spiro atoms. The van der Waals surface area contributed by atoms with E-state index in [-0.39, 0.29) is 30.9 Å². The Hall–Kier alpha value is -2.93. The van der Waals surface area contributed by atoms with E-state index in [4.69, 9.17) is 15.9 Å². The number of likely N-dealkylation sites (tertiary alicyclic amines) is 2. The Morgan fingerprint density at radius 2 is 1.64 bits per heavy atom. The number of hydrogen-bond acceptors (Lipinski definition) is 7. The Morgan fingerprint density at radius 3 is 2.31 bits per heavy atom. The zero-order chi connectivity index (χ0) is 27.9. The number of carbonyl (C=O) groups excluding carboxylic acids is 3. The van der Waals surface area contributed by atoms with Crippen molar-refractivity contribution in [1.29, 1.82) is 5.41 Å². The maximum Gasteiger partial charge on any atom is 0.327 e. The lowest BCUT2D eigenvalue weighted by Crippen LogP contribution is -2.70. The number of nitrogens with zero attached hydrogens (tertiary/aromatic N) is 5. The molecule has 0 aromatic heterocycles. The normalized spacial score (nSPS) is 26.4. The van der Waals surface area contributed by atoms with Gasteiger partial charge in [0.05, 0.1) is 19.1 Å². The van der Waals surface area contributed by atoms with Crippen molar-refractivity contribution < 1.29 is 29.0 Å². The van der Waals surface area contributed by atoms with Crippen molar-refractivity contribution in [2.24, 2.45) is 17.6 Å². The molecule has 0 saturated carbocycles. The molecule has 4 N–H and O–H groups in total. The third kappa shape index (κ3) is 7.18. The Balaban J connectivity index is 1.19. The molecule has 3 unspecified atom stereocenters. The summed E-state index contributed by atoms with van der Waals surface area (Å²) in [7, 11) is 0. The molecule has 13 nitrogen and oxygen atoms in total. The highest BCUT2D eigenvalue weighted by molar-refractivity contribution is 6.07. The lowest BCUT2D eigenvalue weighted by atomic mass is 9.78. The monoisotopic (exact) mass is 549 g/mol. The van der Waals surface area contributed by atoms with Gasteiger partial charge in [-0.25, -0.2) is 14.5 Å². The van der Waals surface area contributed by atoms with Gasteiger partial charge in [0.15, 0.2) is 12.0 Å². The van der Waals surface area contributed by atoms with E-state index >= 15 is 0 Å². The molecule has 4 rings (SSSR count). The average Bonchev–Trinajstić information content (AvgIpc) is 2.94. The van der Waals surface area contributed by atoms with E-state index in [9.17, 15) is 24.3 Å². The van der Waals surface area contributed by atoms with Crippen molar-refractivity contribution in [3.05, 3.63) is 0 Å². The van der Waals surface area contributed by atoms with Crippen molar-refractivity contribution in [1.82, 2.24) is 24.5 Å². The third-order valence-corrected chi connectivity index (χ3v) is 8.49. The van der Waals surface area contributed by atoms with E-state index in [0.717, 1.165) is 69.9 Å². The predicted octanol–water partition coefficient (Wildman–Crippen LogP) is 0.0504. The number of aliphatic carboxylic acids is 1. The maximum atomic E-state index is 13.1. The van der Waals surface area contributed by atoms with Crippen LogP contribution >= 0.6 is 0 Å². The Kier molecular flexibility index (Phi) is 10.0. The Labute approximate surface area is 229 Å². The van der Waals surface area contributed by atoms with Crippen LogP contribution < -0.4 is 5.73 Å². The number of piperidine rings is 1. The molecule has 39 heavy (non-hydrogen) atoms. The lowest BCUT2D eigenvalue weighted by Gasteiger charge is -2.47. The first-order chi connectivity index (χ1) is 18.8. The minimum absolute atomic E-state index is 0.0207. The molecular weight excluding hydrogens is 506 g/mol. The highest BCUT2D eigenvalue weighted by Gasteiger charge is 2.56. The van der Waals surface area contributed by atoms with Crippen LogP contribution in [0.5, 0.6) is 0 Å². The zero-order valence-corrected chi connectivity index (χ0v) is 22.8. The number of rotatable bonds is 9. The minimum Gasteiger partial charge on any atom is -0.480 e. The molecule has 0 aromatic rings. The number of amides is 4. The van der Waals surface area contributed by atoms with Crippen LogP contribution in [0.25, 0.3) is 0 Å². The SMILES string of the molecule is N=C(N)N1CCCC(CC2C(=O)N(C(=O)N3CCN(C(=O)CCCCCN4CCOCC4)CC3)C2C(=O)O)C1. The van der Waals surface area contributed by atoms with Crippen molar-refractivity contribution in [2.45, 2.75) is 51.0 Å². The highest BCUT2D eigenvalue weighted by atomic mass is 16.5. The van der Waals surface area contributed by atoms with Crippen LogP contribution in [0.3, 0.4) is 0 Å². The predicted molar refractivity (Wildman–Crippen MR) is 142 cm³/mol. The number of nitrogens with one attached hydrogen (secondary N) is 1. The van der Waals surface area contributed by atoms with Gasteiger partial charge in [-0.05, 0) is 44.6 Å². The molecule has 13 heteroatoms. The summed E-state index contributed by atoms with van der Waals surface area (Å²) in [5.41, 5.74) is 5.60. The van der Waals surface area contributed by atoms with Crippen LogP contribution in [0.1, 0.15) is 44.9 Å². The molecule has 0 bridgehead atoms. The van der Waals surface area contributed by atoms with Gasteiger partial charge < -0.3 is 30.3 Å². The van der Waals surface area contributed by atoms with Crippen molar-refractivity contribution >= 4 is 29.8 Å². The topological polar surface area (TPSA) is 164 Å².